The topological polar surface area (TPSA) is 101 Å². The van der Waals surface area contributed by atoms with Crippen molar-refractivity contribution in [1.82, 2.24) is 4.98 Å². The van der Waals surface area contributed by atoms with E-state index in [0.717, 1.165) is 22.3 Å². The number of benzene rings is 2. The predicted molar refractivity (Wildman–Crippen MR) is 114 cm³/mol. The fourth-order valence-electron chi connectivity index (χ4n) is 4.54. The van der Waals surface area contributed by atoms with Crippen molar-refractivity contribution in [3.05, 3.63) is 88.5 Å². The Balaban J connectivity index is 1.43. The third-order valence-corrected chi connectivity index (χ3v) is 6.02. The van der Waals surface area contributed by atoms with Crippen LogP contribution in [0.2, 0.25) is 0 Å². The second-order valence-corrected chi connectivity index (χ2v) is 7.89. The summed E-state index contributed by atoms with van der Waals surface area (Å²) in [6.45, 7) is 0. The molecule has 4 N–H and O–H groups in total. The molecule has 2 aliphatic carbocycles. The van der Waals surface area contributed by atoms with Gasteiger partial charge in [0, 0.05) is 12.8 Å². The Labute approximate surface area is 174 Å². The molecule has 5 rings (SSSR count). The van der Waals surface area contributed by atoms with Crippen molar-refractivity contribution < 1.29 is 10.2 Å². The monoisotopic (exact) mass is 398 g/mol. The minimum atomic E-state index is -0.587. The SMILES string of the molecule is N#Cc1ccc(N[C@@H]2c3ccccc3C[C@@H]2O)nc1N[C@H]1c2ccccc2C[C@H]1O. The van der Waals surface area contributed by atoms with E-state index in [9.17, 15) is 15.5 Å². The van der Waals surface area contributed by atoms with Crippen molar-refractivity contribution in [2.75, 3.05) is 10.6 Å². The third kappa shape index (κ3) is 3.18. The maximum atomic E-state index is 10.6. The second-order valence-electron chi connectivity index (χ2n) is 7.89. The molecule has 30 heavy (non-hydrogen) atoms. The van der Waals surface area contributed by atoms with Gasteiger partial charge in [0.1, 0.15) is 17.7 Å². The van der Waals surface area contributed by atoms with E-state index in [1.165, 1.54) is 0 Å². The van der Waals surface area contributed by atoms with Gasteiger partial charge in [-0.05, 0) is 34.4 Å². The molecule has 0 saturated heterocycles. The van der Waals surface area contributed by atoms with Crippen LogP contribution in [0.4, 0.5) is 11.6 Å². The maximum Gasteiger partial charge on any atom is 0.146 e. The Bertz CT molecular complexity index is 1140. The highest BCUT2D eigenvalue weighted by Crippen LogP contribution is 2.36. The third-order valence-electron chi connectivity index (χ3n) is 6.02. The first kappa shape index (κ1) is 18.6. The predicted octanol–water partition coefficient (Wildman–Crippen LogP) is 3.09. The van der Waals surface area contributed by atoms with E-state index in [1.807, 2.05) is 48.5 Å². The van der Waals surface area contributed by atoms with Crippen LogP contribution in [-0.2, 0) is 12.8 Å². The van der Waals surface area contributed by atoms with Gasteiger partial charge in [0.15, 0.2) is 0 Å². The highest BCUT2D eigenvalue weighted by Gasteiger charge is 2.33. The largest absolute Gasteiger partial charge is 0.390 e. The van der Waals surface area contributed by atoms with Gasteiger partial charge in [-0.15, -0.1) is 0 Å². The van der Waals surface area contributed by atoms with E-state index in [-0.39, 0.29) is 12.1 Å². The van der Waals surface area contributed by atoms with E-state index >= 15 is 0 Å². The molecule has 1 aromatic heterocycles. The molecule has 2 aliphatic rings. The minimum absolute atomic E-state index is 0.257. The van der Waals surface area contributed by atoms with Gasteiger partial charge in [0.05, 0.1) is 29.9 Å². The summed E-state index contributed by atoms with van der Waals surface area (Å²) in [6, 6.07) is 20.9. The number of aliphatic hydroxyl groups excluding tert-OH is 2. The van der Waals surface area contributed by atoms with E-state index in [1.54, 1.807) is 12.1 Å². The van der Waals surface area contributed by atoms with Gasteiger partial charge in [-0.3, -0.25) is 0 Å². The van der Waals surface area contributed by atoms with Crippen LogP contribution in [-0.4, -0.2) is 27.4 Å². The number of hydrogen-bond donors (Lipinski definition) is 4. The summed E-state index contributed by atoms with van der Waals surface area (Å²) in [7, 11) is 0. The van der Waals surface area contributed by atoms with Crippen LogP contribution < -0.4 is 10.6 Å². The highest BCUT2D eigenvalue weighted by molar-refractivity contribution is 5.59. The zero-order chi connectivity index (χ0) is 20.7. The molecule has 0 unspecified atom stereocenters. The van der Waals surface area contributed by atoms with Crippen LogP contribution in [0.15, 0.2) is 60.7 Å². The van der Waals surface area contributed by atoms with Gasteiger partial charge in [0.25, 0.3) is 0 Å². The van der Waals surface area contributed by atoms with Crippen molar-refractivity contribution in [3.63, 3.8) is 0 Å². The first-order valence-electron chi connectivity index (χ1n) is 10.1. The zero-order valence-electron chi connectivity index (χ0n) is 16.3. The quantitative estimate of drug-likeness (QED) is 0.539. The summed E-state index contributed by atoms with van der Waals surface area (Å²) in [4.78, 5) is 4.62. The number of pyridine rings is 1. The molecule has 1 heterocycles. The highest BCUT2D eigenvalue weighted by atomic mass is 16.3. The summed E-state index contributed by atoms with van der Waals surface area (Å²) >= 11 is 0. The van der Waals surface area contributed by atoms with Crippen LogP contribution in [0.5, 0.6) is 0 Å². The van der Waals surface area contributed by atoms with Crippen LogP contribution in [0.3, 0.4) is 0 Å². The molecule has 6 heteroatoms. The molecule has 150 valence electrons. The molecule has 6 nitrogen and oxygen atoms in total. The Kier molecular flexibility index (Phi) is 4.62. The lowest BCUT2D eigenvalue weighted by molar-refractivity contribution is 0.165. The van der Waals surface area contributed by atoms with Gasteiger partial charge in [-0.1, -0.05) is 48.5 Å². The van der Waals surface area contributed by atoms with Crippen LogP contribution in [0, 0.1) is 11.3 Å². The van der Waals surface area contributed by atoms with Gasteiger partial charge in [-0.25, -0.2) is 4.98 Å². The number of nitriles is 1. The number of anilines is 2. The van der Waals surface area contributed by atoms with Crippen molar-refractivity contribution >= 4 is 11.6 Å². The molecular formula is C24H22N4O2. The van der Waals surface area contributed by atoms with Crippen LogP contribution in [0.1, 0.15) is 39.9 Å². The van der Waals surface area contributed by atoms with Crippen LogP contribution >= 0.6 is 0 Å². The lowest BCUT2D eigenvalue weighted by atomic mass is 10.1. The van der Waals surface area contributed by atoms with Crippen molar-refractivity contribution in [1.29, 1.82) is 5.26 Å². The van der Waals surface area contributed by atoms with E-state index < -0.39 is 12.2 Å². The summed E-state index contributed by atoms with van der Waals surface area (Å²) < 4.78 is 0. The average Bonchev–Trinajstić information content (AvgIpc) is 3.24. The fraction of sp³-hybridized carbons (Fsp3) is 0.250. The summed E-state index contributed by atoms with van der Waals surface area (Å²) in [5, 5.41) is 37.2. The van der Waals surface area contributed by atoms with Crippen molar-refractivity contribution in [2.45, 2.75) is 37.1 Å². The number of fused-ring (bicyclic) bond motifs is 2. The Morgan fingerprint density at radius 3 is 1.97 bits per heavy atom. The molecule has 3 aromatic rings. The molecule has 2 aromatic carbocycles. The minimum Gasteiger partial charge on any atom is -0.390 e. The summed E-state index contributed by atoms with van der Waals surface area (Å²) in [5.41, 5.74) is 4.71. The van der Waals surface area contributed by atoms with Crippen molar-refractivity contribution in [3.8, 4) is 6.07 Å². The number of nitrogens with one attached hydrogen (secondary N) is 2. The number of rotatable bonds is 4. The normalized spacial score (nSPS) is 24.0. The lowest BCUT2D eigenvalue weighted by Crippen LogP contribution is -2.24. The number of nitrogens with zero attached hydrogens (tertiary/aromatic N) is 2. The zero-order valence-corrected chi connectivity index (χ0v) is 16.3. The second kappa shape index (κ2) is 7.45. The molecular weight excluding hydrogens is 376 g/mol. The number of aromatic nitrogens is 1. The number of hydrogen-bond acceptors (Lipinski definition) is 6. The van der Waals surface area contributed by atoms with Gasteiger partial charge in [0.2, 0.25) is 0 Å². The molecule has 0 radical (unpaired) electrons. The first-order valence-corrected chi connectivity index (χ1v) is 10.1. The standard InChI is InChI=1S/C24H22N4O2/c25-13-16-9-10-21(26-22-17-7-3-1-5-14(17)11-19(22)29)27-24(16)28-23-18-8-4-2-6-15(18)12-20(23)30/h1-10,19-20,22-23,29-30H,11-12H2,(H2,26,27,28)/t19-,20+,22+,23-/m0/s1. The van der Waals surface area contributed by atoms with Gasteiger partial charge in [-0.2, -0.15) is 5.26 Å². The Morgan fingerprint density at radius 2 is 1.37 bits per heavy atom. The molecule has 0 fully saturated rings. The molecule has 0 bridgehead atoms. The van der Waals surface area contributed by atoms with E-state index in [0.29, 0.717) is 30.0 Å². The van der Waals surface area contributed by atoms with Gasteiger partial charge < -0.3 is 20.8 Å². The molecule has 0 aliphatic heterocycles. The first-order chi connectivity index (χ1) is 14.6. The molecule has 4 atom stereocenters. The van der Waals surface area contributed by atoms with E-state index in [4.69, 9.17) is 0 Å². The molecule has 0 saturated carbocycles. The summed E-state index contributed by atoms with van der Waals surface area (Å²) in [6.07, 6.45) is 0.0367. The van der Waals surface area contributed by atoms with E-state index in [2.05, 4.69) is 21.7 Å². The molecule has 0 spiro atoms. The Hall–Kier alpha value is -3.40. The number of aliphatic hydroxyl groups is 2. The van der Waals surface area contributed by atoms with Crippen molar-refractivity contribution in [2.24, 2.45) is 0 Å². The Morgan fingerprint density at radius 1 is 0.800 bits per heavy atom. The average molecular weight is 398 g/mol. The van der Waals surface area contributed by atoms with Gasteiger partial charge >= 0.3 is 0 Å². The smallest absolute Gasteiger partial charge is 0.146 e. The maximum absolute atomic E-state index is 10.6. The van der Waals surface area contributed by atoms with Crippen LogP contribution in [0.25, 0.3) is 0 Å². The lowest BCUT2D eigenvalue weighted by Gasteiger charge is -2.22. The molecule has 0 amide bonds. The fourth-order valence-corrected chi connectivity index (χ4v) is 4.54. The summed E-state index contributed by atoms with van der Waals surface area (Å²) in [5.74, 6) is 0.988.